The van der Waals surface area contributed by atoms with Crippen LogP contribution in [0, 0.1) is 17.8 Å². The fourth-order valence-electron chi connectivity index (χ4n) is 0.948. The zero-order chi connectivity index (χ0) is 10.3. The van der Waals surface area contributed by atoms with Gasteiger partial charge < -0.3 is 10.2 Å². The smallest absolute Gasteiger partial charge is 0.381 e. The van der Waals surface area contributed by atoms with E-state index in [9.17, 15) is 9.59 Å². The highest BCUT2D eigenvalue weighted by atomic mass is 16.4. The van der Waals surface area contributed by atoms with Gasteiger partial charge in [-0.2, -0.15) is 0 Å². The van der Waals surface area contributed by atoms with Crippen LogP contribution in [0.25, 0.3) is 0 Å². The molecule has 1 atom stereocenters. The van der Waals surface area contributed by atoms with Crippen molar-refractivity contribution in [1.29, 1.82) is 0 Å². The van der Waals surface area contributed by atoms with Crippen molar-refractivity contribution in [3.05, 3.63) is 0 Å². The van der Waals surface area contributed by atoms with Crippen LogP contribution in [0.5, 0.6) is 0 Å². The number of aliphatic carboxylic acids is 2. The molecule has 2 N–H and O–H groups in total. The Morgan fingerprint density at radius 3 is 2.38 bits per heavy atom. The molecule has 0 aliphatic rings. The van der Waals surface area contributed by atoms with Crippen LogP contribution in [0.4, 0.5) is 0 Å². The summed E-state index contributed by atoms with van der Waals surface area (Å²) in [6, 6.07) is 0. The minimum Gasteiger partial charge on any atom is -0.481 e. The molecule has 0 rings (SSSR count). The molecule has 0 saturated heterocycles. The monoisotopic (exact) mass is 184 g/mol. The van der Waals surface area contributed by atoms with Gasteiger partial charge in [-0.3, -0.25) is 4.79 Å². The predicted octanol–water partition coefficient (Wildman–Crippen LogP) is 0.965. The normalized spacial score (nSPS) is 11.2. The summed E-state index contributed by atoms with van der Waals surface area (Å²) in [7, 11) is 0. The Balaban J connectivity index is 4.18. The maximum atomic E-state index is 10.3. The first-order valence-electron chi connectivity index (χ1n) is 4.02. The lowest BCUT2D eigenvalue weighted by Gasteiger charge is -2.03. The molecule has 0 aliphatic heterocycles. The number of hydrogen-bond acceptors (Lipinski definition) is 2. The minimum atomic E-state index is -1.22. The molecule has 0 heterocycles. The standard InChI is InChI=1S/C9H12O4/c1-2-3-7(6-9(12)13)4-5-8(10)11/h7H,2-3,6H2,1H3,(H,10,11)(H,12,13). The van der Waals surface area contributed by atoms with Crippen molar-refractivity contribution in [3.8, 4) is 11.8 Å². The second-order valence-corrected chi connectivity index (χ2v) is 2.66. The number of hydrogen-bond donors (Lipinski definition) is 2. The van der Waals surface area contributed by atoms with Gasteiger partial charge in [-0.15, -0.1) is 0 Å². The summed E-state index contributed by atoms with van der Waals surface area (Å²) in [5.74, 6) is 1.85. The first kappa shape index (κ1) is 11.5. The van der Waals surface area contributed by atoms with Crippen LogP contribution in [-0.4, -0.2) is 22.2 Å². The molecule has 0 fully saturated rings. The van der Waals surface area contributed by atoms with E-state index >= 15 is 0 Å². The van der Waals surface area contributed by atoms with Crippen LogP contribution in [0.3, 0.4) is 0 Å². The summed E-state index contributed by atoms with van der Waals surface area (Å²) in [5.41, 5.74) is 0. The Labute approximate surface area is 76.6 Å². The lowest BCUT2D eigenvalue weighted by molar-refractivity contribution is -0.137. The fraction of sp³-hybridized carbons (Fsp3) is 0.556. The van der Waals surface area contributed by atoms with E-state index in [1.807, 2.05) is 12.8 Å². The number of carboxylic acids is 2. The van der Waals surface area contributed by atoms with Crippen molar-refractivity contribution in [2.75, 3.05) is 0 Å². The highest BCUT2D eigenvalue weighted by Crippen LogP contribution is 2.09. The first-order chi connectivity index (χ1) is 6.06. The summed E-state index contributed by atoms with van der Waals surface area (Å²) < 4.78 is 0. The van der Waals surface area contributed by atoms with E-state index in [2.05, 4.69) is 5.92 Å². The van der Waals surface area contributed by atoms with Crippen LogP contribution in [0.2, 0.25) is 0 Å². The quantitative estimate of drug-likeness (QED) is 0.638. The minimum absolute atomic E-state index is 0.0892. The third kappa shape index (κ3) is 6.88. The summed E-state index contributed by atoms with van der Waals surface area (Å²) in [5, 5.41) is 16.7. The number of carbonyl (C=O) groups is 2. The molecule has 72 valence electrons. The zero-order valence-corrected chi connectivity index (χ0v) is 7.41. The zero-order valence-electron chi connectivity index (χ0n) is 7.41. The average molecular weight is 184 g/mol. The largest absolute Gasteiger partial charge is 0.481 e. The van der Waals surface area contributed by atoms with Gasteiger partial charge in [-0.25, -0.2) is 4.79 Å². The molecular weight excluding hydrogens is 172 g/mol. The van der Waals surface area contributed by atoms with Crippen LogP contribution in [0.15, 0.2) is 0 Å². The fourth-order valence-corrected chi connectivity index (χ4v) is 0.948. The number of rotatable bonds is 4. The Kier molecular flexibility index (Phi) is 5.37. The summed E-state index contributed by atoms with van der Waals surface area (Å²) in [6.45, 7) is 1.90. The van der Waals surface area contributed by atoms with Crippen molar-refractivity contribution in [2.24, 2.45) is 5.92 Å². The van der Waals surface area contributed by atoms with E-state index in [-0.39, 0.29) is 12.3 Å². The first-order valence-corrected chi connectivity index (χ1v) is 4.02. The van der Waals surface area contributed by atoms with Crippen molar-refractivity contribution in [2.45, 2.75) is 26.2 Å². The summed E-state index contributed by atoms with van der Waals surface area (Å²) in [6.07, 6.45) is 1.33. The van der Waals surface area contributed by atoms with E-state index in [1.165, 1.54) is 0 Å². The van der Waals surface area contributed by atoms with Gasteiger partial charge in [0.2, 0.25) is 0 Å². The van der Waals surface area contributed by atoms with Crippen LogP contribution in [-0.2, 0) is 9.59 Å². The van der Waals surface area contributed by atoms with Gasteiger partial charge in [0.05, 0.1) is 6.42 Å². The van der Waals surface area contributed by atoms with Crippen molar-refractivity contribution >= 4 is 11.9 Å². The molecule has 1 unspecified atom stereocenters. The molecule has 0 spiro atoms. The highest BCUT2D eigenvalue weighted by molar-refractivity contribution is 5.86. The Morgan fingerprint density at radius 2 is 2.00 bits per heavy atom. The van der Waals surface area contributed by atoms with Gasteiger partial charge in [0.25, 0.3) is 0 Å². The van der Waals surface area contributed by atoms with Crippen LogP contribution in [0.1, 0.15) is 26.2 Å². The van der Waals surface area contributed by atoms with E-state index in [1.54, 1.807) is 0 Å². The van der Waals surface area contributed by atoms with Crippen molar-refractivity contribution in [3.63, 3.8) is 0 Å². The van der Waals surface area contributed by atoms with Gasteiger partial charge >= 0.3 is 11.9 Å². The van der Waals surface area contributed by atoms with Gasteiger partial charge in [0.1, 0.15) is 0 Å². The highest BCUT2D eigenvalue weighted by Gasteiger charge is 2.09. The van der Waals surface area contributed by atoms with E-state index in [4.69, 9.17) is 10.2 Å². The molecule has 0 aliphatic carbocycles. The van der Waals surface area contributed by atoms with Gasteiger partial charge in [-0.1, -0.05) is 19.3 Å². The molecule has 0 bridgehead atoms. The summed E-state index contributed by atoms with van der Waals surface area (Å²) >= 11 is 0. The van der Waals surface area contributed by atoms with Gasteiger partial charge in [0.15, 0.2) is 0 Å². The second kappa shape index (κ2) is 6.06. The van der Waals surface area contributed by atoms with Gasteiger partial charge in [0, 0.05) is 11.8 Å². The topological polar surface area (TPSA) is 74.6 Å². The second-order valence-electron chi connectivity index (χ2n) is 2.66. The SMILES string of the molecule is CCCC(C#CC(=O)O)CC(=O)O. The van der Waals surface area contributed by atoms with E-state index < -0.39 is 11.9 Å². The van der Waals surface area contributed by atoms with Gasteiger partial charge in [-0.05, 0) is 6.42 Å². The van der Waals surface area contributed by atoms with E-state index in [0.29, 0.717) is 6.42 Å². The lowest BCUT2D eigenvalue weighted by atomic mass is 10.0. The molecular formula is C9H12O4. The number of carboxylic acid groups (broad SMARTS) is 2. The molecule has 0 radical (unpaired) electrons. The van der Waals surface area contributed by atoms with Crippen molar-refractivity contribution in [1.82, 2.24) is 0 Å². The van der Waals surface area contributed by atoms with Crippen LogP contribution < -0.4 is 0 Å². The molecule has 0 aromatic heterocycles. The predicted molar refractivity (Wildman–Crippen MR) is 46.1 cm³/mol. The third-order valence-corrected chi connectivity index (χ3v) is 1.44. The molecule has 0 saturated carbocycles. The molecule has 4 nitrogen and oxygen atoms in total. The maximum Gasteiger partial charge on any atom is 0.381 e. The maximum absolute atomic E-state index is 10.3. The molecule has 13 heavy (non-hydrogen) atoms. The lowest BCUT2D eigenvalue weighted by Crippen LogP contribution is -2.06. The Bertz CT molecular complexity index is 246. The molecule has 4 heteroatoms. The molecule has 0 aromatic rings. The van der Waals surface area contributed by atoms with Crippen molar-refractivity contribution < 1.29 is 19.8 Å². The Morgan fingerprint density at radius 1 is 1.38 bits per heavy atom. The Hall–Kier alpha value is -1.50. The average Bonchev–Trinajstić information content (AvgIpc) is 1.99. The van der Waals surface area contributed by atoms with E-state index in [0.717, 1.165) is 6.42 Å². The third-order valence-electron chi connectivity index (χ3n) is 1.44. The molecule has 0 amide bonds. The molecule has 0 aromatic carbocycles. The summed E-state index contributed by atoms with van der Waals surface area (Å²) in [4.78, 5) is 20.4. The van der Waals surface area contributed by atoms with Crippen LogP contribution >= 0.6 is 0 Å².